The van der Waals surface area contributed by atoms with Gasteiger partial charge in [-0.25, -0.2) is 0 Å². The van der Waals surface area contributed by atoms with Crippen LogP contribution in [0, 0.1) is 0 Å². The van der Waals surface area contributed by atoms with Gasteiger partial charge < -0.3 is 15.4 Å². The Kier molecular flexibility index (Phi) is 3.72. The van der Waals surface area contributed by atoms with Gasteiger partial charge >= 0.3 is 0 Å². The monoisotopic (exact) mass is 144 g/mol. The Hall–Kier alpha value is -0.120. The average molecular weight is 144 g/mol. The van der Waals surface area contributed by atoms with Crippen molar-refractivity contribution >= 4 is 0 Å². The lowest BCUT2D eigenvalue weighted by atomic mass is 10.2. The van der Waals surface area contributed by atoms with Gasteiger partial charge in [-0.2, -0.15) is 0 Å². The van der Waals surface area contributed by atoms with Crippen LogP contribution in [0.2, 0.25) is 0 Å². The Morgan fingerprint density at radius 2 is 2.40 bits per heavy atom. The molecule has 0 aromatic carbocycles. The molecule has 60 valence electrons. The summed E-state index contributed by atoms with van der Waals surface area (Å²) in [5.41, 5.74) is 0. The minimum absolute atomic E-state index is 0.522. The van der Waals surface area contributed by atoms with Gasteiger partial charge in [0.25, 0.3) is 0 Å². The molecule has 1 atom stereocenters. The molecule has 0 amide bonds. The van der Waals surface area contributed by atoms with E-state index in [1.165, 1.54) is 0 Å². The molecule has 2 N–H and O–H groups in total. The van der Waals surface area contributed by atoms with Crippen molar-refractivity contribution in [1.82, 2.24) is 10.6 Å². The quantitative estimate of drug-likeness (QED) is 0.564. The van der Waals surface area contributed by atoms with E-state index in [1.807, 2.05) is 6.92 Å². The summed E-state index contributed by atoms with van der Waals surface area (Å²) in [5, 5.41) is 6.67. The second kappa shape index (κ2) is 4.66. The van der Waals surface area contributed by atoms with E-state index in [0.29, 0.717) is 6.04 Å². The van der Waals surface area contributed by atoms with Crippen molar-refractivity contribution in [2.45, 2.75) is 13.0 Å². The number of hydrogen-bond acceptors (Lipinski definition) is 3. The largest absolute Gasteiger partial charge is 0.380 e. The predicted molar refractivity (Wildman–Crippen MR) is 41.2 cm³/mol. The number of ether oxygens (including phenoxy) is 1. The third kappa shape index (κ3) is 2.64. The number of hydrogen-bond donors (Lipinski definition) is 2. The van der Waals surface area contributed by atoms with E-state index in [0.717, 1.165) is 32.8 Å². The summed E-state index contributed by atoms with van der Waals surface area (Å²) in [4.78, 5) is 0. The van der Waals surface area contributed by atoms with Crippen molar-refractivity contribution in [3.05, 3.63) is 0 Å². The van der Waals surface area contributed by atoms with Crippen molar-refractivity contribution in [3.8, 4) is 0 Å². The fourth-order valence-electron chi connectivity index (χ4n) is 1.09. The lowest BCUT2D eigenvalue weighted by Gasteiger charge is -2.23. The summed E-state index contributed by atoms with van der Waals surface area (Å²) < 4.78 is 5.27. The maximum Gasteiger partial charge on any atom is 0.0631 e. The minimum atomic E-state index is 0.522. The van der Waals surface area contributed by atoms with Gasteiger partial charge in [0.15, 0.2) is 0 Å². The molecule has 1 aliphatic heterocycles. The van der Waals surface area contributed by atoms with Gasteiger partial charge in [-0.3, -0.25) is 0 Å². The second-order valence-corrected chi connectivity index (χ2v) is 2.51. The second-order valence-electron chi connectivity index (χ2n) is 2.51. The Balaban J connectivity index is 2.02. The van der Waals surface area contributed by atoms with E-state index < -0.39 is 0 Å². The van der Waals surface area contributed by atoms with Crippen LogP contribution < -0.4 is 10.6 Å². The van der Waals surface area contributed by atoms with Gasteiger partial charge in [0.05, 0.1) is 6.61 Å². The third-order valence-corrected chi connectivity index (χ3v) is 1.65. The highest BCUT2D eigenvalue weighted by Crippen LogP contribution is 1.87. The molecule has 0 bridgehead atoms. The first-order valence-corrected chi connectivity index (χ1v) is 3.95. The minimum Gasteiger partial charge on any atom is -0.380 e. The Morgan fingerprint density at radius 3 is 3.00 bits per heavy atom. The average Bonchev–Trinajstić information content (AvgIpc) is 2.03. The fourth-order valence-corrected chi connectivity index (χ4v) is 1.09. The normalized spacial score (nSPS) is 26.7. The highest BCUT2D eigenvalue weighted by molar-refractivity contribution is 4.74. The topological polar surface area (TPSA) is 33.3 Å². The molecule has 0 spiro atoms. The van der Waals surface area contributed by atoms with E-state index in [4.69, 9.17) is 4.74 Å². The van der Waals surface area contributed by atoms with Crippen LogP contribution in [0.4, 0.5) is 0 Å². The maximum atomic E-state index is 5.27. The summed E-state index contributed by atoms with van der Waals surface area (Å²) in [5.74, 6) is 0. The molecule has 0 aliphatic carbocycles. The van der Waals surface area contributed by atoms with E-state index in [-0.39, 0.29) is 0 Å². The summed E-state index contributed by atoms with van der Waals surface area (Å²) in [6, 6.07) is 0.522. The first-order chi connectivity index (χ1) is 4.93. The molecule has 0 aromatic rings. The summed E-state index contributed by atoms with van der Waals surface area (Å²) >= 11 is 0. The van der Waals surface area contributed by atoms with Crippen molar-refractivity contribution in [1.29, 1.82) is 0 Å². The van der Waals surface area contributed by atoms with Crippen LogP contribution in [0.3, 0.4) is 0 Å². The molecule has 1 saturated heterocycles. The molecule has 3 heteroatoms. The molecule has 1 fully saturated rings. The van der Waals surface area contributed by atoms with Crippen LogP contribution >= 0.6 is 0 Å². The smallest absolute Gasteiger partial charge is 0.0631 e. The molecule has 1 rings (SSSR count). The summed E-state index contributed by atoms with van der Waals surface area (Å²) in [6.07, 6.45) is 0. The van der Waals surface area contributed by atoms with Gasteiger partial charge in [0, 0.05) is 32.3 Å². The maximum absolute atomic E-state index is 5.27. The van der Waals surface area contributed by atoms with E-state index in [1.54, 1.807) is 0 Å². The van der Waals surface area contributed by atoms with Gasteiger partial charge in [-0.1, -0.05) is 0 Å². The van der Waals surface area contributed by atoms with Gasteiger partial charge in [0.1, 0.15) is 0 Å². The Bertz CT molecular complexity index is 81.7. The summed E-state index contributed by atoms with van der Waals surface area (Å²) in [7, 11) is 0. The molecular formula is C7H16N2O. The predicted octanol–water partition coefficient (Wildman–Crippen LogP) is -0.416. The van der Waals surface area contributed by atoms with Gasteiger partial charge in [-0.05, 0) is 6.92 Å². The number of nitrogens with one attached hydrogen (secondary N) is 2. The van der Waals surface area contributed by atoms with E-state index in [9.17, 15) is 0 Å². The Morgan fingerprint density at radius 1 is 1.50 bits per heavy atom. The van der Waals surface area contributed by atoms with Crippen LogP contribution in [-0.4, -0.2) is 38.9 Å². The zero-order valence-electron chi connectivity index (χ0n) is 6.52. The van der Waals surface area contributed by atoms with Crippen LogP contribution in [0.15, 0.2) is 0 Å². The molecule has 1 aliphatic rings. The summed E-state index contributed by atoms with van der Waals surface area (Å²) in [6.45, 7) is 6.87. The van der Waals surface area contributed by atoms with Crippen LogP contribution in [0.5, 0.6) is 0 Å². The zero-order valence-corrected chi connectivity index (χ0v) is 6.52. The first kappa shape index (κ1) is 7.98. The van der Waals surface area contributed by atoms with E-state index in [2.05, 4.69) is 10.6 Å². The molecule has 0 saturated carbocycles. The van der Waals surface area contributed by atoms with Crippen molar-refractivity contribution < 1.29 is 4.74 Å². The highest BCUT2D eigenvalue weighted by Gasteiger charge is 2.10. The van der Waals surface area contributed by atoms with Crippen molar-refractivity contribution in [2.24, 2.45) is 0 Å². The molecule has 0 unspecified atom stereocenters. The fraction of sp³-hybridized carbons (Fsp3) is 1.00. The zero-order chi connectivity index (χ0) is 7.23. The molecule has 10 heavy (non-hydrogen) atoms. The van der Waals surface area contributed by atoms with E-state index >= 15 is 0 Å². The van der Waals surface area contributed by atoms with Crippen molar-refractivity contribution in [2.75, 3.05) is 32.8 Å². The third-order valence-electron chi connectivity index (χ3n) is 1.65. The SMILES string of the molecule is CCOC[C@H]1CNCCN1. The molecule has 3 nitrogen and oxygen atoms in total. The lowest BCUT2D eigenvalue weighted by molar-refractivity contribution is 0.117. The van der Waals surface area contributed by atoms with Crippen LogP contribution in [0.1, 0.15) is 6.92 Å². The van der Waals surface area contributed by atoms with Gasteiger partial charge in [-0.15, -0.1) is 0 Å². The number of piperazine rings is 1. The molecule has 0 aromatic heterocycles. The Labute approximate surface area is 62.1 Å². The standard InChI is InChI=1S/C7H16N2O/c1-2-10-6-7-5-8-3-4-9-7/h7-9H,2-6H2,1H3/t7-/m1/s1. The van der Waals surface area contributed by atoms with Gasteiger partial charge in [0.2, 0.25) is 0 Å². The van der Waals surface area contributed by atoms with Crippen LogP contribution in [0.25, 0.3) is 0 Å². The number of rotatable bonds is 3. The van der Waals surface area contributed by atoms with Crippen molar-refractivity contribution in [3.63, 3.8) is 0 Å². The molecule has 0 radical (unpaired) electrons. The van der Waals surface area contributed by atoms with Crippen LogP contribution in [-0.2, 0) is 4.74 Å². The first-order valence-electron chi connectivity index (χ1n) is 3.95. The highest BCUT2D eigenvalue weighted by atomic mass is 16.5. The molecular weight excluding hydrogens is 128 g/mol. The molecule has 1 heterocycles. The lowest BCUT2D eigenvalue weighted by Crippen LogP contribution is -2.50.